The molecule has 3 fully saturated rings. The van der Waals surface area contributed by atoms with Gasteiger partial charge in [-0.05, 0) is 69.3 Å². The van der Waals surface area contributed by atoms with Gasteiger partial charge in [0.05, 0.1) is 0 Å². The quantitative estimate of drug-likeness (QED) is 0.637. The lowest BCUT2D eigenvalue weighted by Gasteiger charge is -2.37. The summed E-state index contributed by atoms with van der Waals surface area (Å²) in [4.78, 5) is 34.1. The fourth-order valence-corrected chi connectivity index (χ4v) is 4.94. The van der Waals surface area contributed by atoms with E-state index in [4.69, 9.17) is 4.52 Å². The maximum absolute atomic E-state index is 12.7. The van der Waals surface area contributed by atoms with Gasteiger partial charge in [-0.2, -0.15) is 4.98 Å². The van der Waals surface area contributed by atoms with Crippen LogP contribution in [0.4, 0.5) is 5.69 Å². The number of carbonyl (C=O) groups is 2. The second-order valence-corrected chi connectivity index (χ2v) is 10.4. The van der Waals surface area contributed by atoms with E-state index in [0.717, 1.165) is 49.6 Å². The van der Waals surface area contributed by atoms with Crippen molar-refractivity contribution < 1.29 is 14.1 Å². The Morgan fingerprint density at radius 1 is 1.06 bits per heavy atom. The van der Waals surface area contributed by atoms with Crippen molar-refractivity contribution in [2.45, 2.75) is 76.2 Å². The van der Waals surface area contributed by atoms with Crippen LogP contribution in [0.15, 0.2) is 28.8 Å². The first-order valence-corrected chi connectivity index (χ1v) is 12.7. The van der Waals surface area contributed by atoms with Crippen molar-refractivity contribution in [2.24, 2.45) is 0 Å². The zero-order valence-corrected chi connectivity index (χ0v) is 20.1. The second-order valence-electron chi connectivity index (χ2n) is 10.4. The lowest BCUT2D eigenvalue weighted by atomic mass is 9.79. The number of carbonyl (C=O) groups excluding carboxylic acids is 2. The highest BCUT2D eigenvalue weighted by atomic mass is 16.5. The van der Waals surface area contributed by atoms with Gasteiger partial charge in [0.25, 0.3) is 0 Å². The van der Waals surface area contributed by atoms with Crippen molar-refractivity contribution in [3.05, 3.63) is 41.5 Å². The van der Waals surface area contributed by atoms with Gasteiger partial charge in [-0.15, -0.1) is 0 Å². The first-order chi connectivity index (χ1) is 16.5. The average molecular weight is 466 g/mol. The van der Waals surface area contributed by atoms with Crippen molar-refractivity contribution in [1.82, 2.24) is 19.9 Å². The Bertz CT molecular complexity index is 1000. The Morgan fingerprint density at radius 3 is 2.44 bits per heavy atom. The number of piperidine rings is 1. The molecule has 1 aliphatic carbocycles. The van der Waals surface area contributed by atoms with Gasteiger partial charge >= 0.3 is 0 Å². The molecule has 1 saturated carbocycles. The normalized spacial score (nSPS) is 20.4. The maximum Gasteiger partial charge on any atom is 0.229 e. The van der Waals surface area contributed by atoms with Crippen LogP contribution in [0.1, 0.15) is 81.5 Å². The van der Waals surface area contributed by atoms with E-state index in [2.05, 4.69) is 39.4 Å². The fraction of sp³-hybridized carbons (Fsp3) is 0.615. The van der Waals surface area contributed by atoms with Gasteiger partial charge in [0.2, 0.25) is 17.7 Å². The summed E-state index contributed by atoms with van der Waals surface area (Å²) >= 11 is 0. The molecule has 2 amide bonds. The van der Waals surface area contributed by atoms with Crippen LogP contribution in [0.5, 0.6) is 0 Å². The highest BCUT2D eigenvalue weighted by Crippen LogP contribution is 2.41. The van der Waals surface area contributed by atoms with Gasteiger partial charge < -0.3 is 14.7 Å². The molecular formula is C26H35N5O3. The monoisotopic (exact) mass is 465 g/mol. The molecule has 0 unspecified atom stereocenters. The van der Waals surface area contributed by atoms with E-state index in [0.29, 0.717) is 19.0 Å². The number of benzene rings is 1. The van der Waals surface area contributed by atoms with E-state index >= 15 is 0 Å². The summed E-state index contributed by atoms with van der Waals surface area (Å²) in [6, 6.07) is 8.04. The first kappa shape index (κ1) is 23.0. The van der Waals surface area contributed by atoms with Crippen molar-refractivity contribution >= 4 is 17.5 Å². The minimum Gasteiger partial charge on any atom is -0.343 e. The van der Waals surface area contributed by atoms with Crippen molar-refractivity contribution in [3.8, 4) is 0 Å². The highest BCUT2D eigenvalue weighted by Gasteiger charge is 2.39. The van der Waals surface area contributed by atoms with E-state index in [1.54, 1.807) is 0 Å². The average Bonchev–Trinajstić information content (AvgIpc) is 3.33. The number of amides is 2. The second kappa shape index (κ2) is 9.86. The predicted molar refractivity (Wildman–Crippen MR) is 128 cm³/mol. The summed E-state index contributed by atoms with van der Waals surface area (Å²) in [6.07, 6.45) is 6.86. The predicted octanol–water partition coefficient (Wildman–Crippen LogP) is 3.84. The molecule has 8 heteroatoms. The van der Waals surface area contributed by atoms with E-state index in [1.165, 1.54) is 31.5 Å². The number of likely N-dealkylation sites (tertiary alicyclic amines) is 2. The maximum atomic E-state index is 12.7. The van der Waals surface area contributed by atoms with Crippen LogP contribution in [0.25, 0.3) is 0 Å². The third-order valence-electron chi connectivity index (χ3n) is 7.54. The largest absolute Gasteiger partial charge is 0.343 e. The van der Waals surface area contributed by atoms with Crippen LogP contribution in [0.3, 0.4) is 0 Å². The molecule has 0 atom stereocenters. The number of aromatic nitrogens is 2. The number of nitrogens with one attached hydrogen (secondary N) is 1. The molecule has 1 aromatic carbocycles. The standard InChI is InChI=1S/C26H35N5O3/c1-26(25-28-24(34-29-25)20-6-7-20)12-16-31(17-13-26)23(33)11-10-22(32)27-21-8-4-19(5-9-21)18-30-14-2-3-15-30/h4-5,8-9,20H,2-3,6-7,10-18H2,1H3,(H,27,32). The van der Waals surface area contributed by atoms with E-state index in [-0.39, 0.29) is 30.1 Å². The van der Waals surface area contributed by atoms with Crippen LogP contribution in [-0.4, -0.2) is 57.9 Å². The zero-order chi connectivity index (χ0) is 23.5. The highest BCUT2D eigenvalue weighted by molar-refractivity contribution is 5.93. The summed E-state index contributed by atoms with van der Waals surface area (Å²) in [5, 5.41) is 7.15. The third kappa shape index (κ3) is 5.49. The van der Waals surface area contributed by atoms with Crippen LogP contribution < -0.4 is 5.32 Å². The number of anilines is 1. The summed E-state index contributed by atoms with van der Waals surface area (Å²) in [5.74, 6) is 1.90. The smallest absolute Gasteiger partial charge is 0.229 e. The lowest BCUT2D eigenvalue weighted by Crippen LogP contribution is -2.44. The molecule has 0 bridgehead atoms. The fourth-order valence-electron chi connectivity index (χ4n) is 4.94. The molecule has 3 heterocycles. The van der Waals surface area contributed by atoms with Crippen LogP contribution in [-0.2, 0) is 21.5 Å². The van der Waals surface area contributed by atoms with Crippen LogP contribution >= 0.6 is 0 Å². The lowest BCUT2D eigenvalue weighted by molar-refractivity contribution is -0.134. The molecule has 2 saturated heterocycles. The Balaban J connectivity index is 1.04. The van der Waals surface area contributed by atoms with Crippen molar-refractivity contribution in [2.75, 3.05) is 31.5 Å². The number of nitrogens with zero attached hydrogens (tertiary/aromatic N) is 4. The Morgan fingerprint density at radius 2 is 1.76 bits per heavy atom. The molecule has 3 aliphatic rings. The van der Waals surface area contributed by atoms with Gasteiger partial charge in [-0.25, -0.2) is 0 Å². The Kier molecular flexibility index (Phi) is 6.68. The van der Waals surface area contributed by atoms with Gasteiger partial charge in [0, 0.05) is 49.5 Å². The molecule has 0 radical (unpaired) electrons. The van der Waals surface area contributed by atoms with Crippen molar-refractivity contribution in [1.29, 1.82) is 0 Å². The molecular weight excluding hydrogens is 430 g/mol. The SMILES string of the molecule is CC1(c2noc(C3CC3)n2)CCN(C(=O)CCC(=O)Nc2ccc(CN3CCCC3)cc2)CC1. The number of hydrogen-bond donors (Lipinski definition) is 1. The summed E-state index contributed by atoms with van der Waals surface area (Å²) in [5.41, 5.74) is 1.88. The molecule has 5 rings (SSSR count). The van der Waals surface area contributed by atoms with Gasteiger partial charge in [0.1, 0.15) is 0 Å². The molecule has 34 heavy (non-hydrogen) atoms. The summed E-state index contributed by atoms with van der Waals surface area (Å²) in [7, 11) is 0. The zero-order valence-electron chi connectivity index (χ0n) is 20.1. The van der Waals surface area contributed by atoms with Crippen LogP contribution in [0.2, 0.25) is 0 Å². The van der Waals surface area contributed by atoms with Crippen LogP contribution in [0, 0.1) is 0 Å². The molecule has 8 nitrogen and oxygen atoms in total. The Hall–Kier alpha value is -2.74. The Labute approximate surface area is 201 Å². The number of hydrogen-bond acceptors (Lipinski definition) is 6. The third-order valence-corrected chi connectivity index (χ3v) is 7.54. The minimum absolute atomic E-state index is 0.0324. The molecule has 0 spiro atoms. The van der Waals surface area contributed by atoms with Gasteiger partial charge in [0.15, 0.2) is 5.82 Å². The molecule has 182 valence electrons. The molecule has 2 aliphatic heterocycles. The minimum atomic E-state index is -0.161. The van der Waals surface area contributed by atoms with E-state index in [9.17, 15) is 9.59 Å². The summed E-state index contributed by atoms with van der Waals surface area (Å²) < 4.78 is 5.44. The molecule has 1 N–H and O–H groups in total. The molecule has 2 aromatic rings. The molecule has 1 aromatic heterocycles. The van der Waals surface area contributed by atoms with E-state index in [1.807, 2.05) is 17.0 Å². The first-order valence-electron chi connectivity index (χ1n) is 12.7. The van der Waals surface area contributed by atoms with Gasteiger partial charge in [-0.1, -0.05) is 24.2 Å². The number of rotatable bonds is 8. The summed E-state index contributed by atoms with van der Waals surface area (Å²) in [6.45, 7) is 6.76. The van der Waals surface area contributed by atoms with Gasteiger partial charge in [-0.3, -0.25) is 14.5 Å². The topological polar surface area (TPSA) is 91.6 Å². The van der Waals surface area contributed by atoms with Crippen molar-refractivity contribution in [3.63, 3.8) is 0 Å². The van der Waals surface area contributed by atoms with E-state index < -0.39 is 0 Å².